The van der Waals surface area contributed by atoms with E-state index in [4.69, 9.17) is 9.84 Å². The van der Waals surface area contributed by atoms with E-state index in [2.05, 4.69) is 11.4 Å². The molecule has 1 saturated carbocycles. The minimum atomic E-state index is -0.801. The van der Waals surface area contributed by atoms with Gasteiger partial charge in [-0.05, 0) is 19.3 Å². The van der Waals surface area contributed by atoms with E-state index in [0.29, 0.717) is 39.0 Å². The van der Waals surface area contributed by atoms with Crippen LogP contribution in [-0.2, 0) is 9.53 Å². The molecule has 0 spiro atoms. The molecule has 1 fully saturated rings. The van der Waals surface area contributed by atoms with Gasteiger partial charge >= 0.3 is 0 Å². The van der Waals surface area contributed by atoms with Gasteiger partial charge in [-0.25, -0.2) is 0 Å². The van der Waals surface area contributed by atoms with Gasteiger partial charge in [-0.2, -0.15) is 5.26 Å². The molecule has 0 aromatic carbocycles. The number of hydrogen-bond donors (Lipinski definition) is 2. The largest absolute Gasteiger partial charge is 0.394 e. The number of nitriles is 1. The SMILES string of the molecule is N#CC1(C(=O)NCCCOCCO)CCCCC1. The summed E-state index contributed by atoms with van der Waals surface area (Å²) >= 11 is 0. The third-order valence-electron chi connectivity index (χ3n) is 3.34. The lowest BCUT2D eigenvalue weighted by Crippen LogP contribution is -2.42. The Hall–Kier alpha value is -1.12. The van der Waals surface area contributed by atoms with Gasteiger partial charge in [0, 0.05) is 13.2 Å². The summed E-state index contributed by atoms with van der Waals surface area (Å²) in [5.41, 5.74) is -0.801. The molecule has 0 aliphatic heterocycles. The van der Waals surface area contributed by atoms with E-state index in [1.54, 1.807) is 0 Å². The molecule has 1 aliphatic carbocycles. The van der Waals surface area contributed by atoms with Crippen LogP contribution in [0.2, 0.25) is 0 Å². The molecular formula is C13H22N2O3. The van der Waals surface area contributed by atoms with Crippen molar-refractivity contribution in [3.05, 3.63) is 0 Å². The Morgan fingerprint density at radius 1 is 1.33 bits per heavy atom. The predicted molar refractivity (Wildman–Crippen MR) is 66.7 cm³/mol. The van der Waals surface area contributed by atoms with Crippen molar-refractivity contribution in [2.45, 2.75) is 38.5 Å². The van der Waals surface area contributed by atoms with E-state index in [0.717, 1.165) is 19.3 Å². The quantitative estimate of drug-likeness (QED) is 0.663. The molecule has 0 aromatic heterocycles. The molecule has 0 saturated heterocycles. The maximum absolute atomic E-state index is 12.0. The molecule has 2 N–H and O–H groups in total. The second kappa shape index (κ2) is 8.06. The molecule has 1 aliphatic rings. The number of carbonyl (C=O) groups excluding carboxylic acids is 1. The third kappa shape index (κ3) is 4.28. The second-order valence-corrected chi connectivity index (χ2v) is 4.70. The molecule has 1 amide bonds. The van der Waals surface area contributed by atoms with Crippen LogP contribution in [0.25, 0.3) is 0 Å². The number of aliphatic hydroxyl groups is 1. The van der Waals surface area contributed by atoms with Crippen LogP contribution in [-0.4, -0.2) is 37.4 Å². The lowest BCUT2D eigenvalue weighted by molar-refractivity contribution is -0.129. The molecule has 0 atom stereocenters. The highest BCUT2D eigenvalue weighted by Gasteiger charge is 2.39. The fourth-order valence-corrected chi connectivity index (χ4v) is 2.26. The van der Waals surface area contributed by atoms with E-state index in [-0.39, 0.29) is 12.5 Å². The van der Waals surface area contributed by atoms with Crippen LogP contribution in [0, 0.1) is 16.7 Å². The van der Waals surface area contributed by atoms with Crippen LogP contribution in [0.4, 0.5) is 0 Å². The number of aliphatic hydroxyl groups excluding tert-OH is 1. The van der Waals surface area contributed by atoms with Gasteiger partial charge in [-0.3, -0.25) is 4.79 Å². The van der Waals surface area contributed by atoms with E-state index < -0.39 is 5.41 Å². The average Bonchev–Trinajstić information content (AvgIpc) is 2.43. The Kier molecular flexibility index (Phi) is 6.69. The third-order valence-corrected chi connectivity index (χ3v) is 3.34. The maximum Gasteiger partial charge on any atom is 0.240 e. The normalized spacial score (nSPS) is 18.0. The van der Waals surface area contributed by atoms with Gasteiger partial charge in [0.25, 0.3) is 0 Å². The van der Waals surface area contributed by atoms with Gasteiger partial charge in [0.05, 0.1) is 19.3 Å². The number of nitrogens with zero attached hydrogens (tertiary/aromatic N) is 1. The molecule has 102 valence electrons. The van der Waals surface area contributed by atoms with E-state index in [9.17, 15) is 10.1 Å². The van der Waals surface area contributed by atoms with Gasteiger partial charge in [-0.1, -0.05) is 19.3 Å². The molecule has 0 heterocycles. The Balaban J connectivity index is 2.24. The lowest BCUT2D eigenvalue weighted by Gasteiger charge is -2.29. The smallest absolute Gasteiger partial charge is 0.240 e. The van der Waals surface area contributed by atoms with Gasteiger partial charge in [0.15, 0.2) is 0 Å². The van der Waals surface area contributed by atoms with Crippen molar-refractivity contribution in [3.8, 4) is 6.07 Å². The van der Waals surface area contributed by atoms with Crippen molar-refractivity contribution in [1.29, 1.82) is 5.26 Å². The highest BCUT2D eigenvalue weighted by atomic mass is 16.5. The summed E-state index contributed by atoms with van der Waals surface area (Å²) in [5, 5.41) is 20.6. The zero-order valence-corrected chi connectivity index (χ0v) is 10.8. The minimum Gasteiger partial charge on any atom is -0.394 e. The molecule has 0 aromatic rings. The van der Waals surface area contributed by atoms with Crippen LogP contribution in [0.15, 0.2) is 0 Å². The molecule has 0 bridgehead atoms. The highest BCUT2D eigenvalue weighted by molar-refractivity contribution is 5.85. The molecule has 0 unspecified atom stereocenters. The number of rotatable bonds is 7. The van der Waals surface area contributed by atoms with E-state index in [1.165, 1.54) is 0 Å². The number of hydrogen-bond acceptors (Lipinski definition) is 4. The molecule has 1 rings (SSSR count). The summed E-state index contributed by atoms with van der Waals surface area (Å²) in [7, 11) is 0. The zero-order chi connectivity index (χ0) is 13.3. The summed E-state index contributed by atoms with van der Waals surface area (Å²) in [6.45, 7) is 1.38. The van der Waals surface area contributed by atoms with Crippen LogP contribution < -0.4 is 5.32 Å². The van der Waals surface area contributed by atoms with Crippen molar-refractivity contribution in [3.63, 3.8) is 0 Å². The first-order valence-corrected chi connectivity index (χ1v) is 6.63. The standard InChI is InChI=1S/C13H22N2O3/c14-11-13(5-2-1-3-6-13)12(17)15-7-4-9-18-10-8-16/h16H,1-10H2,(H,15,17). The van der Waals surface area contributed by atoms with Gasteiger partial charge in [0.1, 0.15) is 5.41 Å². The summed E-state index contributed by atoms with van der Waals surface area (Å²) in [5.74, 6) is -0.133. The topological polar surface area (TPSA) is 82.4 Å². The second-order valence-electron chi connectivity index (χ2n) is 4.70. The number of carbonyl (C=O) groups is 1. The Bertz CT molecular complexity index is 293. The first-order valence-electron chi connectivity index (χ1n) is 6.63. The fourth-order valence-electron chi connectivity index (χ4n) is 2.26. The Labute approximate surface area is 108 Å². The summed E-state index contributed by atoms with van der Waals surface area (Å²) in [6, 6.07) is 2.20. The molecular weight excluding hydrogens is 232 g/mol. The Morgan fingerprint density at radius 3 is 2.67 bits per heavy atom. The number of ether oxygens (including phenoxy) is 1. The molecule has 5 heteroatoms. The van der Waals surface area contributed by atoms with Crippen molar-refractivity contribution < 1.29 is 14.6 Å². The summed E-state index contributed by atoms with van der Waals surface area (Å²) in [6.07, 6.45) is 5.09. The van der Waals surface area contributed by atoms with E-state index in [1.807, 2.05) is 0 Å². The first-order chi connectivity index (χ1) is 8.75. The summed E-state index contributed by atoms with van der Waals surface area (Å²) < 4.78 is 5.10. The number of nitrogens with one attached hydrogen (secondary N) is 1. The van der Waals surface area contributed by atoms with Crippen molar-refractivity contribution >= 4 is 5.91 Å². The Morgan fingerprint density at radius 2 is 2.06 bits per heavy atom. The maximum atomic E-state index is 12.0. The fraction of sp³-hybridized carbons (Fsp3) is 0.846. The molecule has 0 radical (unpaired) electrons. The average molecular weight is 254 g/mol. The van der Waals surface area contributed by atoms with Crippen LogP contribution >= 0.6 is 0 Å². The first kappa shape index (κ1) is 14.9. The van der Waals surface area contributed by atoms with Gasteiger partial charge in [0.2, 0.25) is 5.91 Å². The highest BCUT2D eigenvalue weighted by Crippen LogP contribution is 2.35. The van der Waals surface area contributed by atoms with Gasteiger partial charge < -0.3 is 15.2 Å². The van der Waals surface area contributed by atoms with Crippen molar-refractivity contribution in [2.24, 2.45) is 5.41 Å². The molecule has 5 nitrogen and oxygen atoms in total. The van der Waals surface area contributed by atoms with Gasteiger partial charge in [-0.15, -0.1) is 0 Å². The lowest BCUT2D eigenvalue weighted by atomic mass is 9.74. The van der Waals surface area contributed by atoms with Crippen molar-refractivity contribution in [1.82, 2.24) is 5.32 Å². The van der Waals surface area contributed by atoms with Crippen LogP contribution in [0.5, 0.6) is 0 Å². The van der Waals surface area contributed by atoms with Crippen molar-refractivity contribution in [2.75, 3.05) is 26.4 Å². The van der Waals surface area contributed by atoms with Crippen LogP contribution in [0.3, 0.4) is 0 Å². The zero-order valence-electron chi connectivity index (χ0n) is 10.8. The predicted octanol–water partition coefficient (Wildman–Crippen LogP) is 0.976. The monoisotopic (exact) mass is 254 g/mol. The van der Waals surface area contributed by atoms with Crippen LogP contribution in [0.1, 0.15) is 38.5 Å². The minimum absolute atomic E-state index is 0.0178. The van der Waals surface area contributed by atoms with E-state index >= 15 is 0 Å². The summed E-state index contributed by atoms with van der Waals surface area (Å²) in [4.78, 5) is 12.0. The number of amides is 1. The molecule has 18 heavy (non-hydrogen) atoms.